The third kappa shape index (κ3) is 4.36. The zero-order valence-electron chi connectivity index (χ0n) is 15.8. The van der Waals surface area contributed by atoms with Gasteiger partial charge in [-0.05, 0) is 38.1 Å². The zero-order valence-corrected chi connectivity index (χ0v) is 16.6. The molecule has 0 atom stereocenters. The lowest BCUT2D eigenvalue weighted by molar-refractivity contribution is -0.511. The fourth-order valence-corrected chi connectivity index (χ4v) is 3.67. The summed E-state index contributed by atoms with van der Waals surface area (Å²) in [7, 11) is 0. The monoisotopic (exact) mass is 391 g/mol. The standard InChI is InChI=1S/C20H26ClN3O3/c1-19(2)14-25-20(27-26-19)6-10-24(11-7-20)12-9-23-17-5-8-22-18-13-15(21)3-4-16(17)18/h3-5,8,13H,6-7,9-12,14H2,1-2H3,(H,22,23). The van der Waals surface area contributed by atoms with Crippen LogP contribution < -0.4 is 5.36 Å². The van der Waals surface area contributed by atoms with Crippen molar-refractivity contribution in [3.05, 3.63) is 40.8 Å². The molecular weight excluding hydrogens is 366 g/mol. The molecule has 0 radical (unpaired) electrons. The van der Waals surface area contributed by atoms with Gasteiger partial charge in [-0.2, -0.15) is 0 Å². The second-order valence-corrected chi connectivity index (χ2v) is 8.34. The van der Waals surface area contributed by atoms with Gasteiger partial charge in [-0.25, -0.2) is 9.78 Å². The molecule has 0 bridgehead atoms. The Labute approximate surface area is 164 Å². The van der Waals surface area contributed by atoms with Crippen LogP contribution in [0.4, 0.5) is 0 Å². The van der Waals surface area contributed by atoms with Gasteiger partial charge in [0.1, 0.15) is 5.60 Å². The van der Waals surface area contributed by atoms with Crippen LogP contribution in [0.15, 0.2) is 35.5 Å². The molecule has 27 heavy (non-hydrogen) atoms. The summed E-state index contributed by atoms with van der Waals surface area (Å²) in [6.07, 6.45) is 3.52. The van der Waals surface area contributed by atoms with Gasteiger partial charge < -0.3 is 14.6 Å². The van der Waals surface area contributed by atoms with Gasteiger partial charge in [-0.3, -0.25) is 4.99 Å². The molecule has 1 spiro atoms. The van der Waals surface area contributed by atoms with E-state index in [1.807, 2.05) is 44.3 Å². The highest BCUT2D eigenvalue weighted by Crippen LogP contribution is 2.34. The van der Waals surface area contributed by atoms with Gasteiger partial charge in [0, 0.05) is 54.6 Å². The highest BCUT2D eigenvalue weighted by Gasteiger charge is 2.44. The molecule has 3 heterocycles. The third-order valence-electron chi connectivity index (χ3n) is 5.16. The molecule has 6 nitrogen and oxygen atoms in total. The number of aromatic amines is 1. The summed E-state index contributed by atoms with van der Waals surface area (Å²) in [5, 5.41) is 2.80. The van der Waals surface area contributed by atoms with Crippen molar-refractivity contribution in [2.45, 2.75) is 38.1 Å². The van der Waals surface area contributed by atoms with Crippen molar-refractivity contribution in [3.8, 4) is 0 Å². The number of piperidine rings is 1. The van der Waals surface area contributed by atoms with Gasteiger partial charge in [-0.1, -0.05) is 11.6 Å². The Kier molecular flexibility index (Phi) is 5.27. The van der Waals surface area contributed by atoms with Crippen molar-refractivity contribution in [2.24, 2.45) is 4.99 Å². The molecule has 2 saturated heterocycles. The van der Waals surface area contributed by atoms with Crippen molar-refractivity contribution in [3.63, 3.8) is 0 Å². The molecule has 0 saturated carbocycles. The zero-order chi connectivity index (χ0) is 18.9. The lowest BCUT2D eigenvalue weighted by Crippen LogP contribution is -2.54. The van der Waals surface area contributed by atoms with E-state index in [9.17, 15) is 0 Å². The quantitative estimate of drug-likeness (QED) is 0.816. The van der Waals surface area contributed by atoms with Crippen molar-refractivity contribution < 1.29 is 14.5 Å². The van der Waals surface area contributed by atoms with Crippen LogP contribution in [0.25, 0.3) is 10.9 Å². The van der Waals surface area contributed by atoms with E-state index in [0.717, 1.165) is 60.3 Å². The van der Waals surface area contributed by atoms with Crippen molar-refractivity contribution in [2.75, 3.05) is 32.8 Å². The number of benzene rings is 1. The fraction of sp³-hybridized carbons (Fsp3) is 0.550. The lowest BCUT2D eigenvalue weighted by Gasteiger charge is -2.45. The number of halogens is 1. The van der Waals surface area contributed by atoms with E-state index >= 15 is 0 Å². The fourth-order valence-electron chi connectivity index (χ4n) is 3.50. The van der Waals surface area contributed by atoms with Crippen LogP contribution in [0, 0.1) is 0 Å². The molecular formula is C20H26ClN3O3. The van der Waals surface area contributed by atoms with E-state index in [1.165, 1.54) is 0 Å². The first kappa shape index (κ1) is 18.9. The van der Waals surface area contributed by atoms with Crippen molar-refractivity contribution in [1.82, 2.24) is 9.88 Å². The van der Waals surface area contributed by atoms with Crippen molar-refractivity contribution in [1.29, 1.82) is 0 Å². The summed E-state index contributed by atoms with van der Waals surface area (Å²) in [4.78, 5) is 21.5. The first-order chi connectivity index (χ1) is 12.9. The number of nitrogens with zero attached hydrogens (tertiary/aromatic N) is 2. The number of hydrogen-bond donors (Lipinski definition) is 1. The molecule has 2 aliphatic rings. The topological polar surface area (TPSA) is 59.1 Å². The summed E-state index contributed by atoms with van der Waals surface area (Å²) < 4.78 is 5.99. The molecule has 1 aromatic carbocycles. The van der Waals surface area contributed by atoms with Crippen LogP contribution in [0.1, 0.15) is 26.7 Å². The predicted molar refractivity (Wildman–Crippen MR) is 104 cm³/mol. The Bertz CT molecular complexity index is 860. The summed E-state index contributed by atoms with van der Waals surface area (Å²) in [6.45, 7) is 7.99. The molecule has 4 rings (SSSR count). The number of rotatable bonds is 3. The first-order valence-corrected chi connectivity index (χ1v) is 9.83. The number of pyridine rings is 1. The first-order valence-electron chi connectivity index (χ1n) is 9.45. The second-order valence-electron chi connectivity index (χ2n) is 7.90. The summed E-state index contributed by atoms with van der Waals surface area (Å²) in [5.41, 5.74) is 0.625. The number of ether oxygens (including phenoxy) is 1. The second kappa shape index (κ2) is 7.53. The Balaban J connectivity index is 1.34. The molecule has 0 amide bonds. The minimum absolute atomic E-state index is 0.374. The number of hydrogen-bond acceptors (Lipinski definition) is 5. The Morgan fingerprint density at radius 2 is 2.00 bits per heavy atom. The summed E-state index contributed by atoms with van der Waals surface area (Å²) >= 11 is 6.07. The minimum Gasteiger partial charge on any atom is -0.361 e. The molecule has 7 heteroatoms. The van der Waals surface area contributed by atoms with E-state index in [1.54, 1.807) is 0 Å². The normalized spacial score (nSPS) is 23.1. The van der Waals surface area contributed by atoms with Crippen LogP contribution in [-0.2, 0) is 14.5 Å². The maximum atomic E-state index is 6.07. The Morgan fingerprint density at radius 1 is 1.19 bits per heavy atom. The van der Waals surface area contributed by atoms with E-state index in [2.05, 4.69) is 9.88 Å². The maximum Gasteiger partial charge on any atom is 0.204 e. The molecule has 0 aliphatic carbocycles. The molecule has 0 unspecified atom stereocenters. The highest BCUT2D eigenvalue weighted by molar-refractivity contribution is 6.31. The van der Waals surface area contributed by atoms with Crippen LogP contribution in [0.5, 0.6) is 0 Å². The van der Waals surface area contributed by atoms with E-state index < -0.39 is 5.79 Å². The number of nitrogens with one attached hydrogen (secondary N) is 1. The lowest BCUT2D eigenvalue weighted by atomic mass is 10.0. The van der Waals surface area contributed by atoms with Gasteiger partial charge in [0.05, 0.1) is 18.5 Å². The summed E-state index contributed by atoms with van der Waals surface area (Å²) in [5.74, 6) is -0.575. The molecule has 1 aromatic heterocycles. The van der Waals surface area contributed by atoms with Gasteiger partial charge in [0.15, 0.2) is 0 Å². The molecule has 1 N–H and O–H groups in total. The average molecular weight is 392 g/mol. The number of fused-ring (bicyclic) bond motifs is 1. The minimum atomic E-state index is -0.575. The Hall–Kier alpha value is -1.44. The van der Waals surface area contributed by atoms with E-state index in [0.29, 0.717) is 6.61 Å². The SMILES string of the molecule is CC1(C)COC2(CCN(CC/N=c3\cc[nH]c4cc(Cl)ccc34)CC2)OO1. The van der Waals surface area contributed by atoms with E-state index in [4.69, 9.17) is 31.1 Å². The van der Waals surface area contributed by atoms with Gasteiger partial charge in [-0.15, -0.1) is 0 Å². The van der Waals surface area contributed by atoms with E-state index in [-0.39, 0.29) is 5.60 Å². The van der Waals surface area contributed by atoms with Gasteiger partial charge in [0.2, 0.25) is 5.79 Å². The highest BCUT2D eigenvalue weighted by atomic mass is 35.5. The molecule has 2 fully saturated rings. The number of aromatic nitrogens is 1. The average Bonchev–Trinajstić information content (AvgIpc) is 2.66. The molecule has 2 aliphatic heterocycles. The van der Waals surface area contributed by atoms with Crippen LogP contribution in [0.3, 0.4) is 0 Å². The van der Waals surface area contributed by atoms with Crippen LogP contribution in [0.2, 0.25) is 5.02 Å². The largest absolute Gasteiger partial charge is 0.361 e. The van der Waals surface area contributed by atoms with Crippen LogP contribution >= 0.6 is 11.6 Å². The summed E-state index contributed by atoms with van der Waals surface area (Å²) in [6, 6.07) is 7.84. The molecule has 2 aromatic rings. The van der Waals surface area contributed by atoms with Crippen LogP contribution in [-0.4, -0.2) is 54.1 Å². The maximum absolute atomic E-state index is 6.07. The molecule has 146 valence electrons. The number of likely N-dealkylation sites (tertiary alicyclic amines) is 1. The van der Waals surface area contributed by atoms with Gasteiger partial charge in [0.25, 0.3) is 0 Å². The predicted octanol–water partition coefficient (Wildman–Crippen LogP) is 3.27. The third-order valence-corrected chi connectivity index (χ3v) is 5.39. The Morgan fingerprint density at radius 3 is 2.74 bits per heavy atom. The smallest absolute Gasteiger partial charge is 0.204 e. The van der Waals surface area contributed by atoms with Crippen molar-refractivity contribution >= 4 is 22.5 Å². The number of H-pyrrole nitrogens is 1. The van der Waals surface area contributed by atoms with Gasteiger partial charge >= 0.3 is 0 Å².